The van der Waals surface area contributed by atoms with Crippen LogP contribution in [0.4, 0.5) is 10.1 Å². The molecule has 2 rings (SSSR count). The van der Waals surface area contributed by atoms with Crippen LogP contribution in [-0.4, -0.2) is 13.1 Å². The third-order valence-electron chi connectivity index (χ3n) is 4.00. The van der Waals surface area contributed by atoms with Crippen molar-refractivity contribution in [3.8, 4) is 0 Å². The van der Waals surface area contributed by atoms with Crippen LogP contribution in [0.15, 0.2) is 18.2 Å². The van der Waals surface area contributed by atoms with E-state index in [1.807, 2.05) is 19.2 Å². The van der Waals surface area contributed by atoms with Crippen LogP contribution in [0, 0.1) is 11.7 Å². The van der Waals surface area contributed by atoms with E-state index in [1.165, 1.54) is 12.8 Å². The zero-order chi connectivity index (χ0) is 13.1. The van der Waals surface area contributed by atoms with Crippen LogP contribution in [0.3, 0.4) is 0 Å². The number of hydrogen-bond acceptors (Lipinski definition) is 1. The minimum absolute atomic E-state index is 0.158. The number of anilines is 1. The van der Waals surface area contributed by atoms with Crippen molar-refractivity contribution in [3.05, 3.63) is 29.6 Å². The Bertz CT molecular complexity index is 407. The Morgan fingerprint density at radius 3 is 2.78 bits per heavy atom. The molecule has 1 aliphatic carbocycles. The molecular weight excluding hydrogens is 249 g/mol. The van der Waals surface area contributed by atoms with Gasteiger partial charge in [0.1, 0.15) is 5.82 Å². The first-order chi connectivity index (χ1) is 8.61. The minimum atomic E-state index is -0.158. The predicted octanol–water partition coefficient (Wildman–Crippen LogP) is 4.58. The van der Waals surface area contributed by atoms with Gasteiger partial charge in [0, 0.05) is 19.0 Å². The van der Waals surface area contributed by atoms with Crippen LogP contribution in [0.2, 0.25) is 0 Å². The lowest BCUT2D eigenvalue weighted by molar-refractivity contribution is 0.335. The number of rotatable bonds is 3. The molecule has 0 radical (unpaired) electrons. The summed E-state index contributed by atoms with van der Waals surface area (Å²) in [5.41, 5.74) is 1.53. The molecule has 2 atom stereocenters. The molecule has 1 aliphatic rings. The first kappa shape index (κ1) is 13.7. The van der Waals surface area contributed by atoms with Crippen LogP contribution in [0.25, 0.3) is 0 Å². The molecular formula is C15H21ClFN. The summed E-state index contributed by atoms with van der Waals surface area (Å²) in [6, 6.07) is 5.77. The van der Waals surface area contributed by atoms with Crippen molar-refractivity contribution < 1.29 is 4.39 Å². The Morgan fingerprint density at radius 1 is 1.39 bits per heavy atom. The van der Waals surface area contributed by atoms with E-state index in [-0.39, 0.29) is 5.82 Å². The van der Waals surface area contributed by atoms with Gasteiger partial charge in [0.15, 0.2) is 0 Å². The van der Waals surface area contributed by atoms with Crippen molar-refractivity contribution in [1.82, 2.24) is 0 Å². The van der Waals surface area contributed by atoms with E-state index in [0.29, 0.717) is 17.6 Å². The molecule has 1 aromatic rings. The van der Waals surface area contributed by atoms with Crippen molar-refractivity contribution >= 4 is 17.3 Å². The molecule has 2 unspecified atom stereocenters. The lowest BCUT2D eigenvalue weighted by Gasteiger charge is -2.35. The second kappa shape index (κ2) is 5.92. The zero-order valence-corrected chi connectivity index (χ0v) is 11.9. The molecule has 0 spiro atoms. The lowest BCUT2D eigenvalue weighted by atomic mass is 9.86. The Labute approximate surface area is 114 Å². The van der Waals surface area contributed by atoms with Crippen LogP contribution >= 0.6 is 11.6 Å². The van der Waals surface area contributed by atoms with Crippen LogP contribution < -0.4 is 4.90 Å². The molecule has 3 heteroatoms. The highest BCUT2D eigenvalue weighted by molar-refractivity contribution is 6.17. The van der Waals surface area contributed by atoms with E-state index in [1.54, 1.807) is 6.07 Å². The summed E-state index contributed by atoms with van der Waals surface area (Å²) in [6.45, 7) is 2.28. The molecule has 0 bridgehead atoms. The van der Waals surface area contributed by atoms with Gasteiger partial charge in [-0.25, -0.2) is 4.39 Å². The highest BCUT2D eigenvalue weighted by Crippen LogP contribution is 2.31. The third-order valence-corrected chi connectivity index (χ3v) is 4.31. The summed E-state index contributed by atoms with van der Waals surface area (Å²) in [6.07, 6.45) is 4.88. The maximum absolute atomic E-state index is 14.0. The van der Waals surface area contributed by atoms with Crippen molar-refractivity contribution in [2.45, 2.75) is 44.5 Å². The summed E-state index contributed by atoms with van der Waals surface area (Å²) < 4.78 is 14.0. The average molecular weight is 270 g/mol. The first-order valence-electron chi connectivity index (χ1n) is 6.69. The molecule has 1 saturated carbocycles. The van der Waals surface area contributed by atoms with E-state index >= 15 is 0 Å². The quantitative estimate of drug-likeness (QED) is 0.726. The van der Waals surface area contributed by atoms with Crippen molar-refractivity contribution in [1.29, 1.82) is 0 Å². The van der Waals surface area contributed by atoms with Gasteiger partial charge in [-0.3, -0.25) is 0 Å². The van der Waals surface area contributed by atoms with Crippen LogP contribution in [0.5, 0.6) is 0 Å². The van der Waals surface area contributed by atoms with Gasteiger partial charge < -0.3 is 4.90 Å². The lowest BCUT2D eigenvalue weighted by Crippen LogP contribution is -2.36. The van der Waals surface area contributed by atoms with E-state index in [9.17, 15) is 4.39 Å². The second-order valence-corrected chi connectivity index (χ2v) is 5.72. The normalized spacial score (nSPS) is 24.0. The Morgan fingerprint density at radius 2 is 2.17 bits per heavy atom. The van der Waals surface area contributed by atoms with E-state index in [0.717, 1.165) is 24.3 Å². The third kappa shape index (κ3) is 2.97. The summed E-state index contributed by atoms with van der Waals surface area (Å²) in [5.74, 6) is 0.951. The molecule has 1 nitrogen and oxygen atoms in total. The molecule has 1 fully saturated rings. The van der Waals surface area contributed by atoms with Crippen molar-refractivity contribution in [3.63, 3.8) is 0 Å². The fraction of sp³-hybridized carbons (Fsp3) is 0.600. The largest absolute Gasteiger partial charge is 0.369 e. The first-order valence-corrected chi connectivity index (χ1v) is 7.22. The molecule has 0 aromatic heterocycles. The fourth-order valence-corrected chi connectivity index (χ4v) is 3.04. The van der Waals surface area contributed by atoms with Crippen molar-refractivity contribution in [2.24, 2.45) is 5.92 Å². The average Bonchev–Trinajstić information content (AvgIpc) is 2.37. The summed E-state index contributed by atoms with van der Waals surface area (Å²) in [4.78, 5) is 2.10. The zero-order valence-electron chi connectivity index (χ0n) is 11.1. The Balaban J connectivity index is 2.15. The van der Waals surface area contributed by atoms with Crippen molar-refractivity contribution in [2.75, 3.05) is 11.9 Å². The number of nitrogens with zero attached hydrogens (tertiary/aromatic N) is 1. The van der Waals surface area contributed by atoms with Gasteiger partial charge in [-0.1, -0.05) is 25.8 Å². The number of hydrogen-bond donors (Lipinski definition) is 0. The highest BCUT2D eigenvalue weighted by Gasteiger charge is 2.24. The van der Waals surface area contributed by atoms with Gasteiger partial charge in [0.25, 0.3) is 0 Å². The Kier molecular flexibility index (Phi) is 4.50. The SMILES string of the molecule is CC1CCCC(N(C)c2ccc(CCl)cc2F)C1. The maximum Gasteiger partial charge on any atom is 0.146 e. The standard InChI is InChI=1S/C15H21ClFN/c1-11-4-3-5-13(8-11)18(2)15-7-6-12(10-16)9-14(15)17/h6-7,9,11,13H,3-5,8,10H2,1-2H3. The molecule has 0 aliphatic heterocycles. The maximum atomic E-state index is 14.0. The predicted molar refractivity (Wildman–Crippen MR) is 75.8 cm³/mol. The van der Waals surface area contributed by atoms with E-state index < -0.39 is 0 Å². The molecule has 18 heavy (non-hydrogen) atoms. The van der Waals surface area contributed by atoms with Gasteiger partial charge in [0.2, 0.25) is 0 Å². The molecule has 0 saturated heterocycles. The minimum Gasteiger partial charge on any atom is -0.369 e. The van der Waals surface area contributed by atoms with Gasteiger partial charge in [-0.2, -0.15) is 0 Å². The number of benzene rings is 1. The smallest absolute Gasteiger partial charge is 0.146 e. The topological polar surface area (TPSA) is 3.24 Å². The number of halogens is 2. The summed E-state index contributed by atoms with van der Waals surface area (Å²) in [5, 5.41) is 0. The second-order valence-electron chi connectivity index (χ2n) is 5.46. The molecule has 0 N–H and O–H groups in total. The van der Waals surface area contributed by atoms with Crippen LogP contribution in [0.1, 0.15) is 38.2 Å². The van der Waals surface area contributed by atoms with Gasteiger partial charge >= 0.3 is 0 Å². The van der Waals surface area contributed by atoms with Crippen LogP contribution in [-0.2, 0) is 5.88 Å². The number of alkyl halides is 1. The highest BCUT2D eigenvalue weighted by atomic mass is 35.5. The monoisotopic (exact) mass is 269 g/mol. The van der Waals surface area contributed by atoms with Gasteiger partial charge in [-0.05, 0) is 36.5 Å². The molecule has 0 amide bonds. The molecule has 100 valence electrons. The van der Waals surface area contributed by atoms with Gasteiger partial charge in [-0.15, -0.1) is 11.6 Å². The fourth-order valence-electron chi connectivity index (χ4n) is 2.87. The van der Waals surface area contributed by atoms with Gasteiger partial charge in [0.05, 0.1) is 5.69 Å². The summed E-state index contributed by atoms with van der Waals surface area (Å²) in [7, 11) is 2.00. The summed E-state index contributed by atoms with van der Waals surface area (Å²) >= 11 is 5.72. The van der Waals surface area contributed by atoms with E-state index in [4.69, 9.17) is 11.6 Å². The van der Waals surface area contributed by atoms with E-state index in [2.05, 4.69) is 11.8 Å². The molecule has 1 aromatic carbocycles. The Hall–Kier alpha value is -0.760. The molecule has 0 heterocycles.